The predicted octanol–water partition coefficient (Wildman–Crippen LogP) is 3.53. The lowest BCUT2D eigenvalue weighted by atomic mass is 9.47. The van der Waals surface area contributed by atoms with Crippen LogP contribution in [0, 0.1) is 23.7 Å². The molecule has 4 aliphatic carbocycles. The van der Waals surface area contributed by atoms with Crippen molar-refractivity contribution in [2.75, 3.05) is 0 Å². The van der Waals surface area contributed by atoms with Crippen molar-refractivity contribution >= 4 is 0 Å². The quantitative estimate of drug-likeness (QED) is 0.746. The summed E-state index contributed by atoms with van der Waals surface area (Å²) in [4.78, 5) is 0. The summed E-state index contributed by atoms with van der Waals surface area (Å²) in [7, 11) is 0. The van der Waals surface area contributed by atoms with Crippen molar-refractivity contribution in [3.05, 3.63) is 35.4 Å². The van der Waals surface area contributed by atoms with Gasteiger partial charge < -0.3 is 5.32 Å². The van der Waals surface area contributed by atoms with Crippen molar-refractivity contribution < 1.29 is 0 Å². The molecule has 4 fully saturated rings. The molecule has 19 heavy (non-hydrogen) atoms. The van der Waals surface area contributed by atoms with Crippen LogP contribution in [-0.2, 0) is 13.0 Å². The van der Waals surface area contributed by atoms with E-state index in [1.54, 1.807) is 17.5 Å². The topological polar surface area (TPSA) is 12.0 Å². The van der Waals surface area contributed by atoms with E-state index >= 15 is 0 Å². The summed E-state index contributed by atoms with van der Waals surface area (Å²) in [6.07, 6.45) is 8.92. The smallest absolute Gasteiger partial charge is 0.0281 e. The summed E-state index contributed by atoms with van der Waals surface area (Å²) in [5.74, 6) is 4.09. The Morgan fingerprint density at radius 1 is 0.842 bits per heavy atom. The Hall–Kier alpha value is -0.820. The molecule has 6 rings (SSSR count). The molecule has 0 aromatic heterocycles. The molecule has 1 heterocycles. The molecule has 1 aliphatic heterocycles. The fraction of sp³-hybridized carbons (Fsp3) is 0.667. The van der Waals surface area contributed by atoms with Crippen LogP contribution in [0.4, 0.5) is 0 Å². The zero-order valence-corrected chi connectivity index (χ0v) is 11.6. The maximum Gasteiger partial charge on any atom is 0.0281 e. The van der Waals surface area contributed by atoms with Crippen LogP contribution in [0.25, 0.3) is 0 Å². The molecule has 0 amide bonds. The van der Waals surface area contributed by atoms with Crippen molar-refractivity contribution in [1.82, 2.24) is 5.32 Å². The molecule has 5 aliphatic rings. The molecule has 0 saturated heterocycles. The Balaban J connectivity index is 1.56. The number of rotatable bonds is 0. The Kier molecular flexibility index (Phi) is 2.09. The van der Waals surface area contributed by atoms with Crippen LogP contribution in [0.5, 0.6) is 0 Å². The molecular formula is C18H23N. The van der Waals surface area contributed by atoms with Gasteiger partial charge >= 0.3 is 0 Å². The van der Waals surface area contributed by atoms with Gasteiger partial charge in [-0.3, -0.25) is 0 Å². The van der Waals surface area contributed by atoms with Crippen molar-refractivity contribution in [3.8, 4) is 0 Å². The van der Waals surface area contributed by atoms with Crippen LogP contribution >= 0.6 is 0 Å². The van der Waals surface area contributed by atoms with Crippen LogP contribution < -0.4 is 5.32 Å². The van der Waals surface area contributed by atoms with Crippen molar-refractivity contribution in [3.63, 3.8) is 0 Å². The molecule has 0 unspecified atom stereocenters. The summed E-state index contributed by atoms with van der Waals surface area (Å²) in [6, 6.07) is 9.11. The van der Waals surface area contributed by atoms with Crippen LogP contribution in [0.2, 0.25) is 0 Å². The van der Waals surface area contributed by atoms with E-state index in [0.717, 1.165) is 30.2 Å². The number of benzene rings is 1. The average molecular weight is 253 g/mol. The minimum atomic E-state index is 0.474. The zero-order valence-electron chi connectivity index (χ0n) is 11.6. The monoisotopic (exact) mass is 253 g/mol. The Labute approximate surface area is 115 Å². The Morgan fingerprint density at radius 2 is 1.47 bits per heavy atom. The summed E-state index contributed by atoms with van der Waals surface area (Å²) < 4.78 is 0. The van der Waals surface area contributed by atoms with E-state index in [9.17, 15) is 0 Å². The van der Waals surface area contributed by atoms with E-state index in [1.165, 1.54) is 32.1 Å². The molecule has 4 saturated carbocycles. The lowest BCUT2D eigenvalue weighted by Gasteiger charge is -2.63. The van der Waals surface area contributed by atoms with Gasteiger partial charge in [-0.25, -0.2) is 0 Å². The normalized spacial score (nSPS) is 46.5. The van der Waals surface area contributed by atoms with E-state index in [-0.39, 0.29) is 0 Å². The standard InChI is InChI=1S/C18H23N/c1-2-4-15-11-19-18(10-14(15)3-1)16-6-12-5-13(8-16)9-17(18)7-12/h1-4,12-13,16-17,19H,5-11H2. The van der Waals surface area contributed by atoms with E-state index in [0.29, 0.717) is 5.54 Å². The first-order valence-corrected chi connectivity index (χ1v) is 8.15. The molecule has 100 valence electrons. The van der Waals surface area contributed by atoms with Gasteiger partial charge in [-0.05, 0) is 73.3 Å². The summed E-state index contributed by atoms with van der Waals surface area (Å²) >= 11 is 0. The number of fused-ring (bicyclic) bond motifs is 1. The first-order chi connectivity index (χ1) is 9.33. The fourth-order valence-corrected chi connectivity index (χ4v) is 6.14. The third kappa shape index (κ3) is 1.40. The van der Waals surface area contributed by atoms with Gasteiger partial charge in [-0.2, -0.15) is 0 Å². The van der Waals surface area contributed by atoms with E-state index < -0.39 is 0 Å². The number of hydrogen-bond acceptors (Lipinski definition) is 1. The number of nitrogens with one attached hydrogen (secondary N) is 1. The second-order valence-corrected chi connectivity index (χ2v) is 7.64. The Bertz CT molecular complexity index is 490. The highest BCUT2D eigenvalue weighted by atomic mass is 15.0. The van der Waals surface area contributed by atoms with Crippen LogP contribution in [0.15, 0.2) is 24.3 Å². The second-order valence-electron chi connectivity index (χ2n) is 7.64. The van der Waals surface area contributed by atoms with Gasteiger partial charge in [0.25, 0.3) is 0 Å². The first kappa shape index (κ1) is 10.9. The lowest BCUT2D eigenvalue weighted by Crippen LogP contribution is -2.67. The third-order valence-electron chi connectivity index (χ3n) is 6.80. The predicted molar refractivity (Wildman–Crippen MR) is 76.8 cm³/mol. The highest BCUT2D eigenvalue weighted by Gasteiger charge is 2.57. The largest absolute Gasteiger partial charge is 0.306 e. The molecule has 0 atom stereocenters. The van der Waals surface area contributed by atoms with Gasteiger partial charge in [0.15, 0.2) is 0 Å². The molecule has 1 aromatic rings. The van der Waals surface area contributed by atoms with Gasteiger partial charge in [-0.1, -0.05) is 24.3 Å². The van der Waals surface area contributed by atoms with Crippen LogP contribution in [0.1, 0.15) is 43.2 Å². The molecule has 1 heteroatoms. The van der Waals surface area contributed by atoms with Gasteiger partial charge in [0.05, 0.1) is 0 Å². The maximum atomic E-state index is 4.03. The highest BCUT2D eigenvalue weighted by molar-refractivity contribution is 5.33. The summed E-state index contributed by atoms with van der Waals surface area (Å²) in [5, 5.41) is 4.03. The third-order valence-corrected chi connectivity index (χ3v) is 6.80. The molecule has 4 bridgehead atoms. The lowest BCUT2D eigenvalue weighted by molar-refractivity contribution is -0.0773. The molecule has 1 spiro atoms. The second kappa shape index (κ2) is 3.63. The molecule has 0 radical (unpaired) electrons. The van der Waals surface area contributed by atoms with Crippen LogP contribution in [0.3, 0.4) is 0 Å². The maximum absolute atomic E-state index is 4.03. The van der Waals surface area contributed by atoms with E-state index in [2.05, 4.69) is 29.6 Å². The highest BCUT2D eigenvalue weighted by Crippen LogP contribution is 2.59. The van der Waals surface area contributed by atoms with E-state index in [4.69, 9.17) is 0 Å². The molecular weight excluding hydrogens is 230 g/mol. The van der Waals surface area contributed by atoms with Gasteiger partial charge in [0, 0.05) is 12.1 Å². The Morgan fingerprint density at radius 3 is 2.16 bits per heavy atom. The average Bonchev–Trinajstić information content (AvgIpc) is 2.44. The first-order valence-electron chi connectivity index (χ1n) is 8.15. The minimum absolute atomic E-state index is 0.474. The van der Waals surface area contributed by atoms with Gasteiger partial charge in [0.1, 0.15) is 0 Å². The van der Waals surface area contributed by atoms with Gasteiger partial charge in [-0.15, -0.1) is 0 Å². The van der Waals surface area contributed by atoms with Crippen molar-refractivity contribution in [2.45, 2.75) is 50.6 Å². The van der Waals surface area contributed by atoms with Crippen LogP contribution in [-0.4, -0.2) is 5.54 Å². The summed E-state index contributed by atoms with van der Waals surface area (Å²) in [6.45, 7) is 1.11. The van der Waals surface area contributed by atoms with Crippen molar-refractivity contribution in [1.29, 1.82) is 0 Å². The zero-order chi connectivity index (χ0) is 12.4. The molecule has 1 aromatic carbocycles. The summed E-state index contributed by atoms with van der Waals surface area (Å²) in [5.41, 5.74) is 3.65. The molecule has 1 nitrogen and oxygen atoms in total. The van der Waals surface area contributed by atoms with Gasteiger partial charge in [0.2, 0.25) is 0 Å². The number of hydrogen-bond donors (Lipinski definition) is 1. The van der Waals surface area contributed by atoms with E-state index in [1.807, 2.05) is 0 Å². The molecule has 1 N–H and O–H groups in total. The minimum Gasteiger partial charge on any atom is -0.306 e. The van der Waals surface area contributed by atoms with Crippen molar-refractivity contribution in [2.24, 2.45) is 23.7 Å². The fourth-order valence-electron chi connectivity index (χ4n) is 6.14. The SMILES string of the molecule is c1ccc2c(c1)CNC1(C2)C2CC3CC(C2)CC1C3.